The monoisotopic (exact) mass is 541 g/mol. The molecule has 2 aromatic heterocycles. The molecule has 0 saturated heterocycles. The number of nitriles is 1. The van der Waals surface area contributed by atoms with E-state index < -0.39 is 0 Å². The number of hydrogen-bond donors (Lipinski definition) is 5. The molecular weight excluding hydrogens is 510 g/mol. The lowest BCUT2D eigenvalue weighted by Gasteiger charge is -2.34. The second-order valence-electron chi connectivity index (χ2n) is 8.77. The van der Waals surface area contributed by atoms with Gasteiger partial charge in [0.25, 0.3) is 12.9 Å². The third kappa shape index (κ3) is 8.14. The molecule has 5 rings (SSSR count). The number of carbonyl (C=O) groups is 2. The highest BCUT2D eigenvalue weighted by Gasteiger charge is 2.27. The van der Waals surface area contributed by atoms with Gasteiger partial charge in [0.1, 0.15) is 5.82 Å². The molecule has 1 aliphatic heterocycles. The normalized spacial score (nSPS) is 13.8. The Morgan fingerprint density at radius 1 is 1.10 bits per heavy atom. The van der Waals surface area contributed by atoms with Crippen molar-refractivity contribution >= 4 is 24.4 Å². The summed E-state index contributed by atoms with van der Waals surface area (Å²) in [4.78, 5) is 21.4. The SMILES string of the molecule is Cn1cc(-c2cnc3c(c2)NC[C@H]([C@H](NCCc2ccc(C#N)cc2)c2ccccc2)N3)cn1.O=CO.O=CO. The highest BCUT2D eigenvalue weighted by Crippen LogP contribution is 2.32. The highest BCUT2D eigenvalue weighted by atomic mass is 16.3. The number of aryl methyl sites for hydroxylation is 1. The number of pyridine rings is 1. The van der Waals surface area contributed by atoms with Crippen molar-refractivity contribution in [1.82, 2.24) is 20.1 Å². The van der Waals surface area contributed by atoms with E-state index in [9.17, 15) is 0 Å². The fourth-order valence-electron chi connectivity index (χ4n) is 4.36. The fourth-order valence-corrected chi connectivity index (χ4v) is 4.36. The predicted octanol–water partition coefficient (Wildman–Crippen LogP) is 3.53. The van der Waals surface area contributed by atoms with Crippen LogP contribution in [0.25, 0.3) is 11.1 Å². The first-order valence-electron chi connectivity index (χ1n) is 12.5. The van der Waals surface area contributed by atoms with Crippen LogP contribution in [-0.2, 0) is 23.1 Å². The maximum absolute atomic E-state index is 9.01. The van der Waals surface area contributed by atoms with Crippen molar-refractivity contribution in [2.45, 2.75) is 18.5 Å². The summed E-state index contributed by atoms with van der Waals surface area (Å²) >= 11 is 0. The average Bonchev–Trinajstić information content (AvgIpc) is 3.42. The Morgan fingerprint density at radius 3 is 2.42 bits per heavy atom. The van der Waals surface area contributed by atoms with Crippen molar-refractivity contribution < 1.29 is 19.8 Å². The Morgan fingerprint density at radius 2 is 1.80 bits per heavy atom. The maximum Gasteiger partial charge on any atom is 0.290 e. The molecule has 0 bridgehead atoms. The van der Waals surface area contributed by atoms with Crippen LogP contribution in [0, 0.1) is 11.3 Å². The zero-order valence-electron chi connectivity index (χ0n) is 21.9. The van der Waals surface area contributed by atoms with Gasteiger partial charge in [-0.05, 0) is 42.3 Å². The van der Waals surface area contributed by atoms with Crippen LogP contribution in [-0.4, -0.2) is 57.1 Å². The highest BCUT2D eigenvalue weighted by molar-refractivity contribution is 5.75. The molecule has 5 N–H and O–H groups in total. The molecule has 2 atom stereocenters. The van der Waals surface area contributed by atoms with E-state index in [2.05, 4.69) is 57.5 Å². The molecule has 0 fully saturated rings. The first-order valence-corrected chi connectivity index (χ1v) is 12.5. The molecule has 0 saturated carbocycles. The minimum Gasteiger partial charge on any atom is -0.483 e. The molecule has 2 aromatic carbocycles. The van der Waals surface area contributed by atoms with E-state index in [1.54, 1.807) is 4.68 Å². The second kappa shape index (κ2) is 15.3. The number of nitrogens with one attached hydrogen (secondary N) is 3. The smallest absolute Gasteiger partial charge is 0.290 e. The minimum absolute atomic E-state index is 0.111. The van der Waals surface area contributed by atoms with E-state index in [0.717, 1.165) is 42.1 Å². The standard InChI is InChI=1S/C27H27N7.2CH2O2/c1-34-18-23(16-32-34)22-13-24-27(31-15-22)33-25(17-30-24)26(21-5-3-2-4-6-21)29-12-11-19-7-9-20(14-28)10-8-19;2*2-1-3/h2-10,13,15-16,18,25-26,29-30H,11-12,17H2,1H3,(H,31,33);2*1H,(H,2,3)/t25-,26-;;/m1../s1. The molecule has 40 heavy (non-hydrogen) atoms. The van der Waals surface area contributed by atoms with Crippen LogP contribution in [0.2, 0.25) is 0 Å². The van der Waals surface area contributed by atoms with Crippen LogP contribution in [0.15, 0.2) is 79.3 Å². The topological polar surface area (TPSA) is 165 Å². The summed E-state index contributed by atoms with van der Waals surface area (Å²) in [5.41, 5.74) is 6.23. The lowest BCUT2D eigenvalue weighted by molar-refractivity contribution is -0.123. The van der Waals surface area contributed by atoms with Gasteiger partial charge in [0, 0.05) is 37.1 Å². The summed E-state index contributed by atoms with van der Waals surface area (Å²) in [6, 6.07) is 22.9. The number of fused-ring (bicyclic) bond motifs is 1. The molecule has 0 unspecified atom stereocenters. The average molecular weight is 542 g/mol. The number of nitrogens with zero attached hydrogens (tertiary/aromatic N) is 4. The van der Waals surface area contributed by atoms with Gasteiger partial charge in [-0.1, -0.05) is 42.5 Å². The molecule has 0 amide bonds. The van der Waals surface area contributed by atoms with Crippen molar-refractivity contribution in [3.05, 3.63) is 95.9 Å². The molecule has 1 aliphatic rings. The van der Waals surface area contributed by atoms with E-state index in [4.69, 9.17) is 30.0 Å². The number of rotatable bonds is 7. The number of benzene rings is 2. The molecule has 0 spiro atoms. The van der Waals surface area contributed by atoms with Crippen LogP contribution < -0.4 is 16.0 Å². The Labute approximate surface area is 232 Å². The van der Waals surface area contributed by atoms with Crippen LogP contribution in [0.5, 0.6) is 0 Å². The zero-order valence-corrected chi connectivity index (χ0v) is 21.9. The van der Waals surface area contributed by atoms with E-state index in [1.165, 1.54) is 11.1 Å². The number of aromatic nitrogens is 3. The molecule has 0 radical (unpaired) electrons. The molecule has 11 nitrogen and oxygen atoms in total. The summed E-state index contributed by atoms with van der Waals surface area (Å²) in [6.07, 6.45) is 6.62. The van der Waals surface area contributed by atoms with Gasteiger partial charge in [-0.15, -0.1) is 0 Å². The van der Waals surface area contributed by atoms with Crippen LogP contribution in [0.3, 0.4) is 0 Å². The van der Waals surface area contributed by atoms with Crippen molar-refractivity contribution in [3.63, 3.8) is 0 Å². The molecule has 11 heteroatoms. The largest absolute Gasteiger partial charge is 0.483 e. The first-order chi connectivity index (χ1) is 19.5. The van der Waals surface area contributed by atoms with Gasteiger partial charge in [0.2, 0.25) is 0 Å². The van der Waals surface area contributed by atoms with Gasteiger partial charge in [-0.2, -0.15) is 10.4 Å². The van der Waals surface area contributed by atoms with Crippen LogP contribution >= 0.6 is 0 Å². The van der Waals surface area contributed by atoms with Crippen LogP contribution in [0.1, 0.15) is 22.7 Å². The van der Waals surface area contributed by atoms with E-state index >= 15 is 0 Å². The number of hydrogen-bond acceptors (Lipinski definition) is 8. The van der Waals surface area contributed by atoms with E-state index in [0.29, 0.717) is 5.56 Å². The Hall–Kier alpha value is -5.21. The van der Waals surface area contributed by atoms with Gasteiger partial charge in [-0.3, -0.25) is 14.3 Å². The Bertz CT molecular complexity index is 1400. The van der Waals surface area contributed by atoms with E-state index in [1.807, 2.05) is 56.0 Å². The second-order valence-corrected chi connectivity index (χ2v) is 8.77. The molecule has 0 aliphatic carbocycles. The maximum atomic E-state index is 9.01. The minimum atomic E-state index is -0.250. The summed E-state index contributed by atoms with van der Waals surface area (Å²) in [6.45, 7) is 1.10. The number of anilines is 2. The molecule has 3 heterocycles. The van der Waals surface area contributed by atoms with Crippen molar-refractivity contribution in [2.24, 2.45) is 7.05 Å². The molecule has 206 valence electrons. The number of carboxylic acid groups (broad SMARTS) is 2. The summed E-state index contributed by atoms with van der Waals surface area (Å²) in [5.74, 6) is 0.860. The van der Waals surface area contributed by atoms with Crippen molar-refractivity contribution in [3.8, 4) is 17.2 Å². The van der Waals surface area contributed by atoms with Crippen LogP contribution in [0.4, 0.5) is 11.5 Å². The van der Waals surface area contributed by atoms with Crippen molar-refractivity contribution in [1.29, 1.82) is 5.26 Å². The lowest BCUT2D eigenvalue weighted by Crippen LogP contribution is -2.44. The lowest BCUT2D eigenvalue weighted by atomic mass is 9.97. The van der Waals surface area contributed by atoms with Gasteiger partial charge >= 0.3 is 0 Å². The molecule has 4 aromatic rings. The van der Waals surface area contributed by atoms with Gasteiger partial charge in [0.15, 0.2) is 0 Å². The van der Waals surface area contributed by atoms with E-state index in [-0.39, 0.29) is 25.0 Å². The molecular formula is C29H31N7O4. The Balaban J connectivity index is 0.000000676. The third-order valence-electron chi connectivity index (χ3n) is 6.18. The summed E-state index contributed by atoms with van der Waals surface area (Å²) < 4.78 is 1.80. The summed E-state index contributed by atoms with van der Waals surface area (Å²) in [5, 5.41) is 38.0. The first kappa shape index (κ1) is 29.3. The zero-order chi connectivity index (χ0) is 28.7. The van der Waals surface area contributed by atoms with Gasteiger partial charge < -0.3 is 26.2 Å². The Kier molecular flexibility index (Phi) is 11.2. The third-order valence-corrected chi connectivity index (χ3v) is 6.18. The predicted molar refractivity (Wildman–Crippen MR) is 152 cm³/mol. The summed E-state index contributed by atoms with van der Waals surface area (Å²) in [7, 11) is 1.91. The van der Waals surface area contributed by atoms with Gasteiger partial charge in [-0.25, -0.2) is 4.98 Å². The quantitative estimate of drug-likeness (QED) is 0.219. The van der Waals surface area contributed by atoms with Gasteiger partial charge in [0.05, 0.1) is 35.6 Å². The van der Waals surface area contributed by atoms with Crippen molar-refractivity contribution in [2.75, 3.05) is 23.7 Å². The fraction of sp³-hybridized carbons (Fsp3) is 0.207.